The lowest BCUT2D eigenvalue weighted by Crippen LogP contribution is -2.34. The van der Waals surface area contributed by atoms with Crippen LogP contribution in [-0.2, 0) is 0 Å². The second-order valence-corrected chi connectivity index (χ2v) is 7.75. The Morgan fingerprint density at radius 2 is 1.80 bits per heavy atom. The number of ether oxygens (including phenoxy) is 2. The Morgan fingerprint density at radius 1 is 1.07 bits per heavy atom. The van der Waals surface area contributed by atoms with Crippen LogP contribution in [0.4, 0.5) is 5.69 Å². The Kier molecular flexibility index (Phi) is 5.63. The van der Waals surface area contributed by atoms with Gasteiger partial charge in [-0.25, -0.2) is 0 Å². The summed E-state index contributed by atoms with van der Waals surface area (Å²) in [4.78, 5) is 27.3. The molecule has 7 heteroatoms. The largest absolute Gasteiger partial charge is 0.493 e. The minimum Gasteiger partial charge on any atom is -0.493 e. The van der Waals surface area contributed by atoms with Crippen molar-refractivity contribution in [3.05, 3.63) is 53.1 Å². The van der Waals surface area contributed by atoms with Gasteiger partial charge in [0.15, 0.2) is 11.5 Å². The van der Waals surface area contributed by atoms with E-state index in [-0.39, 0.29) is 25.0 Å². The number of carbonyl (C=O) groups excluding carboxylic acids is 2. The third-order valence-electron chi connectivity index (χ3n) is 5.82. The molecule has 0 radical (unpaired) electrons. The number of nitrogens with zero attached hydrogens (tertiary/aromatic N) is 1. The van der Waals surface area contributed by atoms with Gasteiger partial charge in [0, 0.05) is 12.3 Å². The Morgan fingerprint density at radius 3 is 2.50 bits per heavy atom. The molecule has 2 aromatic rings. The maximum absolute atomic E-state index is 13.0. The molecule has 1 atom stereocenters. The average Bonchev–Trinajstić information content (AvgIpc) is 3.33. The molecular formula is C23H26N2O5. The van der Waals surface area contributed by atoms with Crippen LogP contribution in [0.15, 0.2) is 36.4 Å². The SMILES string of the molecule is COc1ccc(C(CCO)N2C(=O)c3ccc(N)cc3C2=O)cc1OC1CCCC1. The Bertz CT molecular complexity index is 968. The van der Waals surface area contributed by atoms with Crippen LogP contribution in [0, 0.1) is 0 Å². The number of anilines is 1. The fourth-order valence-corrected chi connectivity index (χ4v) is 4.31. The molecule has 1 aliphatic heterocycles. The lowest BCUT2D eigenvalue weighted by molar-refractivity contribution is 0.0557. The third kappa shape index (κ3) is 3.61. The number of benzene rings is 2. The zero-order valence-electron chi connectivity index (χ0n) is 17.0. The maximum Gasteiger partial charge on any atom is 0.262 e. The molecule has 0 bridgehead atoms. The number of amides is 2. The summed E-state index contributed by atoms with van der Waals surface area (Å²) in [6.45, 7) is -0.176. The van der Waals surface area contributed by atoms with Crippen molar-refractivity contribution in [1.82, 2.24) is 4.90 Å². The number of nitrogens with two attached hydrogens (primary N) is 1. The fraction of sp³-hybridized carbons (Fsp3) is 0.391. The lowest BCUT2D eigenvalue weighted by Gasteiger charge is -2.27. The minimum absolute atomic E-state index is 0.132. The van der Waals surface area contributed by atoms with Crippen molar-refractivity contribution in [2.24, 2.45) is 0 Å². The molecule has 0 aromatic heterocycles. The van der Waals surface area contributed by atoms with E-state index in [2.05, 4.69) is 0 Å². The molecule has 0 saturated heterocycles. The van der Waals surface area contributed by atoms with Gasteiger partial charge >= 0.3 is 0 Å². The topological polar surface area (TPSA) is 102 Å². The van der Waals surface area contributed by atoms with Crippen LogP contribution >= 0.6 is 0 Å². The standard InChI is InChI=1S/C23H26N2O5/c1-29-20-9-6-14(12-21(20)30-16-4-2-3-5-16)19(10-11-26)25-22(27)17-8-7-15(24)13-18(17)23(25)28/h6-9,12-13,16,19,26H,2-5,10-11,24H2,1H3. The van der Waals surface area contributed by atoms with Gasteiger partial charge < -0.3 is 20.3 Å². The molecule has 30 heavy (non-hydrogen) atoms. The van der Waals surface area contributed by atoms with Gasteiger partial charge in [0.05, 0.1) is 30.4 Å². The van der Waals surface area contributed by atoms with Crippen molar-refractivity contribution in [1.29, 1.82) is 0 Å². The van der Waals surface area contributed by atoms with Crippen LogP contribution < -0.4 is 15.2 Å². The van der Waals surface area contributed by atoms with Gasteiger partial charge in [-0.2, -0.15) is 0 Å². The Labute approximate surface area is 175 Å². The lowest BCUT2D eigenvalue weighted by atomic mass is 10.0. The number of nitrogen functional groups attached to an aromatic ring is 1. The average molecular weight is 410 g/mol. The van der Waals surface area contributed by atoms with E-state index in [1.807, 2.05) is 6.07 Å². The van der Waals surface area contributed by atoms with Gasteiger partial charge in [0.25, 0.3) is 11.8 Å². The van der Waals surface area contributed by atoms with Gasteiger partial charge in [-0.15, -0.1) is 0 Å². The van der Waals surface area contributed by atoms with Crippen LogP contribution in [0.1, 0.15) is 64.4 Å². The monoisotopic (exact) mass is 410 g/mol. The van der Waals surface area contributed by atoms with Crippen molar-refractivity contribution in [3.8, 4) is 11.5 Å². The van der Waals surface area contributed by atoms with Crippen LogP contribution in [0.3, 0.4) is 0 Å². The number of imide groups is 1. The van der Waals surface area contributed by atoms with Crippen molar-refractivity contribution >= 4 is 17.5 Å². The summed E-state index contributed by atoms with van der Waals surface area (Å²) in [6, 6.07) is 9.47. The van der Waals surface area contributed by atoms with E-state index in [9.17, 15) is 14.7 Å². The van der Waals surface area contributed by atoms with Gasteiger partial charge in [0.2, 0.25) is 0 Å². The molecule has 3 N–H and O–H groups in total. The number of rotatable bonds is 7. The highest BCUT2D eigenvalue weighted by Crippen LogP contribution is 2.39. The summed E-state index contributed by atoms with van der Waals surface area (Å²) in [5.41, 5.74) is 7.56. The van der Waals surface area contributed by atoms with Crippen molar-refractivity contribution < 1.29 is 24.2 Å². The molecular weight excluding hydrogens is 384 g/mol. The Hall–Kier alpha value is -3.06. The molecule has 1 unspecified atom stereocenters. The molecule has 7 nitrogen and oxygen atoms in total. The molecule has 2 aromatic carbocycles. The first-order valence-electron chi connectivity index (χ1n) is 10.3. The minimum atomic E-state index is -0.625. The summed E-state index contributed by atoms with van der Waals surface area (Å²) in [6.07, 6.45) is 4.61. The number of fused-ring (bicyclic) bond motifs is 1. The second-order valence-electron chi connectivity index (χ2n) is 7.75. The van der Waals surface area contributed by atoms with E-state index in [0.29, 0.717) is 33.9 Å². The van der Waals surface area contributed by atoms with Gasteiger partial charge in [0.1, 0.15) is 0 Å². The van der Waals surface area contributed by atoms with Gasteiger partial charge in [-0.05, 0) is 68.0 Å². The molecule has 158 valence electrons. The van der Waals surface area contributed by atoms with Gasteiger partial charge in [-0.3, -0.25) is 14.5 Å². The van der Waals surface area contributed by atoms with Crippen LogP contribution in [0.5, 0.6) is 11.5 Å². The second kappa shape index (κ2) is 8.36. The van der Waals surface area contributed by atoms with Crippen LogP contribution in [0.25, 0.3) is 0 Å². The molecule has 2 aliphatic rings. The van der Waals surface area contributed by atoms with Crippen LogP contribution in [-0.4, -0.2) is 41.6 Å². The van der Waals surface area contributed by atoms with E-state index in [1.165, 1.54) is 11.0 Å². The van der Waals surface area contributed by atoms with E-state index in [0.717, 1.165) is 25.7 Å². The highest BCUT2D eigenvalue weighted by atomic mass is 16.5. The zero-order chi connectivity index (χ0) is 21.3. The number of hydrogen-bond donors (Lipinski definition) is 2. The molecule has 2 amide bonds. The van der Waals surface area contributed by atoms with Crippen molar-refractivity contribution in [2.45, 2.75) is 44.2 Å². The summed E-state index contributed by atoms with van der Waals surface area (Å²) in [7, 11) is 1.58. The first kappa shape index (κ1) is 20.2. The summed E-state index contributed by atoms with van der Waals surface area (Å²) < 4.78 is 11.6. The number of aliphatic hydroxyl groups excluding tert-OH is 1. The number of methoxy groups -OCH3 is 1. The first-order chi connectivity index (χ1) is 14.5. The first-order valence-corrected chi connectivity index (χ1v) is 10.3. The Balaban J connectivity index is 1.69. The summed E-state index contributed by atoms with van der Waals surface area (Å²) in [5.74, 6) is 0.395. The van der Waals surface area contributed by atoms with E-state index < -0.39 is 11.9 Å². The molecule has 1 fully saturated rings. The number of aliphatic hydroxyl groups is 1. The van der Waals surface area contributed by atoms with Crippen LogP contribution in [0.2, 0.25) is 0 Å². The van der Waals surface area contributed by atoms with E-state index in [4.69, 9.17) is 15.2 Å². The molecule has 1 aliphatic carbocycles. The number of hydrogen-bond acceptors (Lipinski definition) is 6. The predicted octanol–water partition coefficient (Wildman–Crippen LogP) is 3.32. The summed E-state index contributed by atoms with van der Waals surface area (Å²) in [5, 5.41) is 9.67. The predicted molar refractivity (Wildman–Crippen MR) is 112 cm³/mol. The van der Waals surface area contributed by atoms with Gasteiger partial charge in [-0.1, -0.05) is 6.07 Å². The van der Waals surface area contributed by atoms with Crippen molar-refractivity contribution in [2.75, 3.05) is 19.5 Å². The zero-order valence-corrected chi connectivity index (χ0v) is 17.0. The molecule has 0 spiro atoms. The van der Waals surface area contributed by atoms with E-state index in [1.54, 1.807) is 31.4 Å². The highest BCUT2D eigenvalue weighted by molar-refractivity contribution is 6.22. The third-order valence-corrected chi connectivity index (χ3v) is 5.82. The normalized spacial score (nSPS) is 17.3. The molecule has 1 heterocycles. The quantitative estimate of drug-likeness (QED) is 0.536. The summed E-state index contributed by atoms with van der Waals surface area (Å²) >= 11 is 0. The fourth-order valence-electron chi connectivity index (χ4n) is 4.31. The molecule has 1 saturated carbocycles. The van der Waals surface area contributed by atoms with E-state index >= 15 is 0 Å². The van der Waals surface area contributed by atoms with Crippen molar-refractivity contribution in [3.63, 3.8) is 0 Å². The highest BCUT2D eigenvalue weighted by Gasteiger charge is 2.40. The molecule has 4 rings (SSSR count). The number of carbonyl (C=O) groups is 2. The smallest absolute Gasteiger partial charge is 0.262 e. The maximum atomic E-state index is 13.0.